The number of carbonyl (C=O) groups is 2. The van der Waals surface area contributed by atoms with Crippen molar-refractivity contribution in [2.24, 2.45) is 0 Å². The molecule has 1 unspecified atom stereocenters. The van der Waals surface area contributed by atoms with E-state index in [-0.39, 0.29) is 13.1 Å². The van der Waals surface area contributed by atoms with Crippen molar-refractivity contribution in [1.29, 1.82) is 0 Å². The largest absolute Gasteiger partial charge is 0.387 e. The molecule has 1 heterocycles. The zero-order valence-electron chi connectivity index (χ0n) is 10.0. The molecular formula is C11H16N2O4S. The second kappa shape index (κ2) is 7.80. The molecule has 0 radical (unpaired) electrons. The molecule has 0 saturated carbocycles. The summed E-state index contributed by atoms with van der Waals surface area (Å²) in [4.78, 5) is 22.6. The third kappa shape index (κ3) is 4.82. The van der Waals surface area contributed by atoms with Crippen LogP contribution >= 0.6 is 11.3 Å². The Kier molecular flexibility index (Phi) is 6.34. The third-order valence-electron chi connectivity index (χ3n) is 2.18. The summed E-state index contributed by atoms with van der Waals surface area (Å²) in [5.74, 6) is -1.50. The van der Waals surface area contributed by atoms with Gasteiger partial charge in [-0.15, -0.1) is 0 Å². The molecule has 0 saturated heterocycles. The van der Waals surface area contributed by atoms with Crippen LogP contribution in [0, 0.1) is 0 Å². The van der Waals surface area contributed by atoms with E-state index in [9.17, 15) is 14.7 Å². The highest BCUT2D eigenvalue weighted by atomic mass is 32.1. The lowest BCUT2D eigenvalue weighted by molar-refractivity contribution is -0.139. The van der Waals surface area contributed by atoms with Gasteiger partial charge >= 0.3 is 11.8 Å². The second-order valence-corrected chi connectivity index (χ2v) is 4.31. The topological polar surface area (TPSA) is 87.7 Å². The molecule has 6 nitrogen and oxygen atoms in total. The van der Waals surface area contributed by atoms with Crippen LogP contribution in [-0.4, -0.2) is 43.7 Å². The zero-order chi connectivity index (χ0) is 13.4. The minimum absolute atomic E-state index is 0.00721. The first-order valence-electron chi connectivity index (χ1n) is 5.40. The van der Waals surface area contributed by atoms with E-state index in [1.807, 2.05) is 5.38 Å². The van der Waals surface area contributed by atoms with Crippen molar-refractivity contribution in [3.8, 4) is 0 Å². The summed E-state index contributed by atoms with van der Waals surface area (Å²) in [6.07, 6.45) is -0.799. The highest BCUT2D eigenvalue weighted by Crippen LogP contribution is 2.14. The van der Waals surface area contributed by atoms with Gasteiger partial charge in [-0.3, -0.25) is 9.59 Å². The van der Waals surface area contributed by atoms with E-state index >= 15 is 0 Å². The monoisotopic (exact) mass is 272 g/mol. The van der Waals surface area contributed by atoms with Crippen molar-refractivity contribution in [3.63, 3.8) is 0 Å². The fraction of sp³-hybridized carbons (Fsp3) is 0.455. The normalized spacial score (nSPS) is 11.9. The van der Waals surface area contributed by atoms with E-state index in [0.717, 1.165) is 5.56 Å². The number of nitrogens with one attached hydrogen (secondary N) is 2. The number of aliphatic hydroxyl groups excluding tert-OH is 1. The molecule has 0 spiro atoms. The smallest absolute Gasteiger partial charge is 0.309 e. The van der Waals surface area contributed by atoms with Crippen molar-refractivity contribution in [2.75, 3.05) is 26.8 Å². The predicted octanol–water partition coefficient (Wildman–Crippen LogP) is -0.340. The Morgan fingerprint density at radius 3 is 2.78 bits per heavy atom. The fourth-order valence-electron chi connectivity index (χ4n) is 1.20. The number of aliphatic hydroxyl groups is 1. The van der Waals surface area contributed by atoms with Crippen molar-refractivity contribution < 1.29 is 19.4 Å². The molecule has 1 rings (SSSR count). The predicted molar refractivity (Wildman–Crippen MR) is 67.2 cm³/mol. The maximum absolute atomic E-state index is 11.3. The molecule has 1 atom stereocenters. The Bertz CT molecular complexity index is 380. The van der Waals surface area contributed by atoms with Crippen LogP contribution in [-0.2, 0) is 14.3 Å². The SMILES string of the molecule is COCCNC(=O)C(=O)NCC(O)c1ccsc1. The Morgan fingerprint density at radius 1 is 1.44 bits per heavy atom. The lowest BCUT2D eigenvalue weighted by atomic mass is 10.2. The summed E-state index contributed by atoms with van der Waals surface area (Å²) >= 11 is 1.46. The number of carbonyl (C=O) groups excluding carboxylic acids is 2. The summed E-state index contributed by atoms with van der Waals surface area (Å²) in [5.41, 5.74) is 0.722. The minimum Gasteiger partial charge on any atom is -0.387 e. The van der Waals surface area contributed by atoms with Gasteiger partial charge in [-0.2, -0.15) is 11.3 Å². The van der Waals surface area contributed by atoms with Crippen molar-refractivity contribution in [3.05, 3.63) is 22.4 Å². The molecule has 1 aromatic heterocycles. The Balaban J connectivity index is 2.26. The van der Waals surface area contributed by atoms with Gasteiger partial charge in [-0.1, -0.05) is 0 Å². The Morgan fingerprint density at radius 2 is 2.17 bits per heavy atom. The van der Waals surface area contributed by atoms with E-state index in [1.54, 1.807) is 11.4 Å². The number of amides is 2. The Labute approximate surface area is 109 Å². The minimum atomic E-state index is -0.799. The number of rotatable bonds is 6. The van der Waals surface area contributed by atoms with Crippen LogP contribution in [0.2, 0.25) is 0 Å². The van der Waals surface area contributed by atoms with Gasteiger partial charge in [0, 0.05) is 20.2 Å². The standard InChI is InChI=1S/C11H16N2O4S/c1-17-4-3-12-10(15)11(16)13-6-9(14)8-2-5-18-7-8/h2,5,7,9,14H,3-4,6H2,1H3,(H,12,15)(H,13,16). The summed E-state index contributed by atoms with van der Waals surface area (Å²) in [7, 11) is 1.50. The quantitative estimate of drug-likeness (QED) is 0.488. The summed E-state index contributed by atoms with van der Waals surface area (Å²) in [6, 6.07) is 1.76. The number of methoxy groups -OCH3 is 1. The molecule has 100 valence electrons. The van der Waals surface area contributed by atoms with Gasteiger partial charge in [-0.25, -0.2) is 0 Å². The van der Waals surface area contributed by atoms with Gasteiger partial charge in [0.05, 0.1) is 12.7 Å². The van der Waals surface area contributed by atoms with Gasteiger partial charge in [0.2, 0.25) is 0 Å². The molecule has 0 bridgehead atoms. The third-order valence-corrected chi connectivity index (χ3v) is 2.88. The van der Waals surface area contributed by atoms with Crippen LogP contribution in [0.15, 0.2) is 16.8 Å². The number of thiophene rings is 1. The molecule has 3 N–H and O–H groups in total. The Hall–Kier alpha value is -1.44. The lowest BCUT2D eigenvalue weighted by Gasteiger charge is -2.10. The number of hydrogen-bond donors (Lipinski definition) is 3. The van der Waals surface area contributed by atoms with Crippen LogP contribution in [0.1, 0.15) is 11.7 Å². The molecule has 0 aliphatic carbocycles. The van der Waals surface area contributed by atoms with Crippen LogP contribution in [0.5, 0.6) is 0 Å². The van der Waals surface area contributed by atoms with Gasteiger partial charge < -0.3 is 20.5 Å². The van der Waals surface area contributed by atoms with Crippen LogP contribution in [0.4, 0.5) is 0 Å². The van der Waals surface area contributed by atoms with E-state index < -0.39 is 17.9 Å². The summed E-state index contributed by atoms with van der Waals surface area (Å²) in [5, 5.41) is 18.1. The van der Waals surface area contributed by atoms with Crippen LogP contribution in [0.25, 0.3) is 0 Å². The van der Waals surface area contributed by atoms with Gasteiger partial charge in [0.1, 0.15) is 0 Å². The van der Waals surface area contributed by atoms with Crippen LogP contribution in [0.3, 0.4) is 0 Å². The molecule has 0 aliphatic heterocycles. The first-order chi connectivity index (χ1) is 8.65. The van der Waals surface area contributed by atoms with E-state index in [1.165, 1.54) is 18.4 Å². The highest BCUT2D eigenvalue weighted by Gasteiger charge is 2.15. The highest BCUT2D eigenvalue weighted by molar-refractivity contribution is 7.07. The van der Waals surface area contributed by atoms with E-state index in [4.69, 9.17) is 4.74 Å². The summed E-state index contributed by atoms with van der Waals surface area (Å²) < 4.78 is 4.73. The average Bonchev–Trinajstić information content (AvgIpc) is 2.89. The molecule has 18 heavy (non-hydrogen) atoms. The molecular weight excluding hydrogens is 256 g/mol. The molecule has 0 fully saturated rings. The van der Waals surface area contributed by atoms with Gasteiger partial charge in [0.15, 0.2) is 0 Å². The van der Waals surface area contributed by atoms with Crippen molar-refractivity contribution >= 4 is 23.2 Å². The van der Waals surface area contributed by atoms with E-state index in [2.05, 4.69) is 10.6 Å². The maximum atomic E-state index is 11.3. The molecule has 0 aromatic carbocycles. The molecule has 0 aliphatic rings. The number of ether oxygens (including phenoxy) is 1. The maximum Gasteiger partial charge on any atom is 0.309 e. The van der Waals surface area contributed by atoms with E-state index in [0.29, 0.717) is 6.61 Å². The zero-order valence-corrected chi connectivity index (χ0v) is 10.8. The average molecular weight is 272 g/mol. The molecule has 1 aromatic rings. The first-order valence-corrected chi connectivity index (χ1v) is 6.34. The fourth-order valence-corrected chi connectivity index (χ4v) is 1.91. The molecule has 2 amide bonds. The first kappa shape index (κ1) is 14.6. The summed E-state index contributed by atoms with van der Waals surface area (Å²) in [6.45, 7) is 0.625. The molecule has 7 heteroatoms. The van der Waals surface area contributed by atoms with Crippen molar-refractivity contribution in [2.45, 2.75) is 6.10 Å². The van der Waals surface area contributed by atoms with Gasteiger partial charge in [-0.05, 0) is 22.4 Å². The van der Waals surface area contributed by atoms with Gasteiger partial charge in [0.25, 0.3) is 0 Å². The second-order valence-electron chi connectivity index (χ2n) is 3.53. The number of hydrogen-bond acceptors (Lipinski definition) is 5. The van der Waals surface area contributed by atoms with Crippen LogP contribution < -0.4 is 10.6 Å². The van der Waals surface area contributed by atoms with Crippen molar-refractivity contribution in [1.82, 2.24) is 10.6 Å². The lowest BCUT2D eigenvalue weighted by Crippen LogP contribution is -2.42.